The Balaban J connectivity index is 0. The molecule has 0 N–H and O–H groups in total. The van der Waals surface area contributed by atoms with Crippen LogP contribution in [-0.4, -0.2) is 14.1 Å². The third-order valence-electron chi connectivity index (χ3n) is 1.22. The SMILES string of the molecule is CN(C)c1cc[c-]cc1.[CH3-].[Y]. The predicted molar refractivity (Wildman–Crippen MR) is 46.0 cm³/mol. The molecule has 1 aromatic carbocycles. The number of benzene rings is 1. The second-order valence-corrected chi connectivity index (χ2v) is 2.15. The standard InChI is InChI=1S/C8H10N.CH3.Y/c1-9(2)8-6-4-3-5-7-8;;/h4-7H,1-2H3;1H3;/q2*-1;. The van der Waals surface area contributed by atoms with Crippen LogP contribution in [0.15, 0.2) is 24.3 Å². The van der Waals surface area contributed by atoms with Gasteiger partial charge in [0.05, 0.1) is 0 Å². The molecule has 0 saturated heterocycles. The third-order valence-corrected chi connectivity index (χ3v) is 1.22. The van der Waals surface area contributed by atoms with Gasteiger partial charge in [-0.05, 0) is 0 Å². The number of nitrogens with zero attached hydrogens (tertiary/aromatic N) is 1. The molecule has 11 heavy (non-hydrogen) atoms. The monoisotopic (exact) mass is 224 g/mol. The van der Waals surface area contributed by atoms with E-state index in [1.165, 1.54) is 5.69 Å². The molecule has 0 aliphatic rings. The molecule has 1 radical (unpaired) electrons. The fourth-order valence-electron chi connectivity index (χ4n) is 0.676. The quantitative estimate of drug-likeness (QED) is 0.659. The summed E-state index contributed by atoms with van der Waals surface area (Å²) < 4.78 is 0. The summed E-state index contributed by atoms with van der Waals surface area (Å²) in [5.74, 6) is 0. The van der Waals surface area contributed by atoms with Crippen LogP contribution in [-0.2, 0) is 32.7 Å². The number of hydrogen-bond acceptors (Lipinski definition) is 1. The van der Waals surface area contributed by atoms with Crippen molar-refractivity contribution in [1.29, 1.82) is 0 Å². The molecule has 0 amide bonds. The van der Waals surface area contributed by atoms with Crippen LogP contribution >= 0.6 is 0 Å². The van der Waals surface area contributed by atoms with E-state index >= 15 is 0 Å². The van der Waals surface area contributed by atoms with Gasteiger partial charge in [0.15, 0.2) is 0 Å². The van der Waals surface area contributed by atoms with E-state index in [0.717, 1.165) is 0 Å². The summed E-state index contributed by atoms with van der Waals surface area (Å²) in [6.07, 6.45) is 0. The van der Waals surface area contributed by atoms with Crippen LogP contribution in [0.25, 0.3) is 0 Å². The first-order chi connectivity index (χ1) is 4.30. The van der Waals surface area contributed by atoms with Crippen molar-refractivity contribution < 1.29 is 32.7 Å². The predicted octanol–water partition coefficient (Wildman–Crippen LogP) is 2.00. The van der Waals surface area contributed by atoms with E-state index in [0.29, 0.717) is 0 Å². The average Bonchev–Trinajstić information content (AvgIpc) is 1.90. The summed E-state index contributed by atoms with van der Waals surface area (Å²) in [5.41, 5.74) is 1.22. The molecule has 0 aliphatic heterocycles. The molecule has 0 spiro atoms. The van der Waals surface area contributed by atoms with E-state index in [-0.39, 0.29) is 40.1 Å². The summed E-state index contributed by atoms with van der Waals surface area (Å²) in [5, 5.41) is 0. The maximum atomic E-state index is 2.96. The Morgan fingerprint density at radius 3 is 1.91 bits per heavy atom. The van der Waals surface area contributed by atoms with Crippen LogP contribution in [0, 0.1) is 13.5 Å². The molecule has 1 rings (SSSR count). The Labute approximate surface area is 94.7 Å². The Bertz CT molecular complexity index is 172. The van der Waals surface area contributed by atoms with Gasteiger partial charge in [0, 0.05) is 46.8 Å². The molecule has 0 fully saturated rings. The van der Waals surface area contributed by atoms with Crippen LogP contribution in [0.4, 0.5) is 5.69 Å². The van der Waals surface area contributed by atoms with Crippen molar-refractivity contribution in [3.63, 3.8) is 0 Å². The van der Waals surface area contributed by atoms with Crippen LogP contribution < -0.4 is 4.90 Å². The van der Waals surface area contributed by atoms with Gasteiger partial charge in [-0.2, -0.15) is 18.2 Å². The Kier molecular flexibility index (Phi) is 8.48. The van der Waals surface area contributed by atoms with Crippen molar-refractivity contribution in [3.8, 4) is 0 Å². The largest absolute Gasteiger partial charge is 0.399 e. The van der Waals surface area contributed by atoms with Crippen molar-refractivity contribution in [1.82, 2.24) is 0 Å². The molecule has 0 bridgehead atoms. The molecule has 0 aliphatic carbocycles. The Morgan fingerprint density at radius 2 is 1.64 bits per heavy atom. The van der Waals surface area contributed by atoms with Crippen molar-refractivity contribution in [2.24, 2.45) is 0 Å². The third kappa shape index (κ3) is 4.55. The van der Waals surface area contributed by atoms with E-state index in [1.54, 1.807) is 0 Å². The number of hydrogen-bond donors (Lipinski definition) is 0. The van der Waals surface area contributed by atoms with Gasteiger partial charge in [-0.1, -0.05) is 5.69 Å². The molecule has 0 heterocycles. The summed E-state index contributed by atoms with van der Waals surface area (Å²) in [6, 6.07) is 10.8. The molecular weight excluding hydrogens is 211 g/mol. The smallest absolute Gasteiger partial charge is 0.00397 e. The van der Waals surface area contributed by atoms with Gasteiger partial charge in [0.1, 0.15) is 0 Å². The van der Waals surface area contributed by atoms with E-state index < -0.39 is 0 Å². The molecule has 1 aromatic rings. The minimum atomic E-state index is 0. The first kappa shape index (κ1) is 13.7. The van der Waals surface area contributed by atoms with Crippen LogP contribution in [0.5, 0.6) is 0 Å². The fourth-order valence-corrected chi connectivity index (χ4v) is 0.676. The van der Waals surface area contributed by atoms with Crippen LogP contribution in [0.3, 0.4) is 0 Å². The van der Waals surface area contributed by atoms with Crippen LogP contribution in [0.2, 0.25) is 0 Å². The molecule has 1 nitrogen and oxygen atoms in total. The summed E-state index contributed by atoms with van der Waals surface area (Å²) >= 11 is 0. The molecular formula is C9H13NY-2. The normalized spacial score (nSPS) is 7.45. The minimum absolute atomic E-state index is 0. The van der Waals surface area contributed by atoms with Gasteiger partial charge >= 0.3 is 0 Å². The molecule has 0 aromatic heterocycles. The van der Waals surface area contributed by atoms with Gasteiger partial charge in [-0.3, -0.25) is 0 Å². The van der Waals surface area contributed by atoms with Gasteiger partial charge in [-0.25, -0.2) is 0 Å². The van der Waals surface area contributed by atoms with E-state index in [4.69, 9.17) is 0 Å². The van der Waals surface area contributed by atoms with Crippen LogP contribution in [0.1, 0.15) is 0 Å². The fraction of sp³-hybridized carbons (Fsp3) is 0.222. The zero-order chi connectivity index (χ0) is 6.69. The summed E-state index contributed by atoms with van der Waals surface area (Å²) in [6.45, 7) is 0. The molecule has 0 unspecified atom stereocenters. The first-order valence-electron chi connectivity index (χ1n) is 2.94. The van der Waals surface area contributed by atoms with Gasteiger partial charge in [-0.15, -0.1) is 12.1 Å². The average molecular weight is 224 g/mol. The van der Waals surface area contributed by atoms with Gasteiger partial charge in [0.2, 0.25) is 0 Å². The second kappa shape index (κ2) is 6.81. The zero-order valence-electron chi connectivity index (χ0n) is 7.33. The Hall–Kier alpha value is 0.124. The summed E-state index contributed by atoms with van der Waals surface area (Å²) in [4.78, 5) is 2.06. The van der Waals surface area contributed by atoms with E-state index in [2.05, 4.69) is 11.0 Å². The number of anilines is 1. The molecule has 2 heteroatoms. The molecule has 59 valence electrons. The topological polar surface area (TPSA) is 3.24 Å². The van der Waals surface area contributed by atoms with Gasteiger partial charge in [0.25, 0.3) is 0 Å². The Morgan fingerprint density at radius 1 is 1.18 bits per heavy atom. The first-order valence-corrected chi connectivity index (χ1v) is 2.94. The van der Waals surface area contributed by atoms with E-state index in [1.807, 2.05) is 38.4 Å². The maximum absolute atomic E-state index is 2.96. The molecule has 0 saturated carbocycles. The van der Waals surface area contributed by atoms with Crippen molar-refractivity contribution in [3.05, 3.63) is 37.8 Å². The number of rotatable bonds is 1. The zero-order valence-corrected chi connectivity index (χ0v) is 10.2. The van der Waals surface area contributed by atoms with E-state index in [9.17, 15) is 0 Å². The second-order valence-electron chi connectivity index (χ2n) is 2.15. The van der Waals surface area contributed by atoms with Gasteiger partial charge < -0.3 is 12.3 Å². The molecule has 0 atom stereocenters. The van der Waals surface area contributed by atoms with Crippen molar-refractivity contribution in [2.45, 2.75) is 0 Å². The van der Waals surface area contributed by atoms with Crippen molar-refractivity contribution in [2.75, 3.05) is 19.0 Å². The van der Waals surface area contributed by atoms with Crippen molar-refractivity contribution >= 4 is 5.69 Å². The maximum Gasteiger partial charge on any atom is 0.00397 e. The minimum Gasteiger partial charge on any atom is -0.399 e. The summed E-state index contributed by atoms with van der Waals surface area (Å²) in [7, 11) is 4.05.